The predicted octanol–water partition coefficient (Wildman–Crippen LogP) is 1.76. The summed E-state index contributed by atoms with van der Waals surface area (Å²) in [4.78, 5) is 15.4. The lowest BCUT2D eigenvalue weighted by molar-refractivity contribution is 0.0958. The maximum absolute atomic E-state index is 11.5. The highest BCUT2D eigenvalue weighted by molar-refractivity contribution is 5.92. The Morgan fingerprint density at radius 1 is 1.32 bits per heavy atom. The van der Waals surface area contributed by atoms with Gasteiger partial charge in [0.1, 0.15) is 11.4 Å². The number of phenolic OH excluding ortho intramolecular Hbond substituents is 1. The number of anilines is 1. The van der Waals surface area contributed by atoms with Crippen LogP contribution in [0.2, 0.25) is 0 Å². The molecule has 0 bridgehead atoms. The molecule has 1 aromatic heterocycles. The second kappa shape index (κ2) is 5.86. The van der Waals surface area contributed by atoms with Crippen molar-refractivity contribution in [3.05, 3.63) is 53.9 Å². The predicted molar refractivity (Wildman–Crippen MR) is 73.1 cm³/mol. The van der Waals surface area contributed by atoms with Gasteiger partial charge in [-0.2, -0.15) is 0 Å². The zero-order valence-electron chi connectivity index (χ0n) is 10.6. The standard InChI is InChI=1S/C14H15N3O2/c1-15-14(19)12-8-11(6-7-16-12)17-9-10-4-2-3-5-13(10)18/h2-8,18H,9H2,1H3,(H,15,19)(H,16,17). The van der Waals surface area contributed by atoms with Crippen LogP contribution in [0, 0.1) is 0 Å². The lowest BCUT2D eigenvalue weighted by atomic mass is 10.2. The van der Waals surface area contributed by atoms with Gasteiger partial charge in [0.2, 0.25) is 0 Å². The van der Waals surface area contributed by atoms with E-state index in [0.717, 1.165) is 11.3 Å². The molecule has 0 saturated carbocycles. The molecule has 1 aromatic carbocycles. The smallest absolute Gasteiger partial charge is 0.269 e. The Morgan fingerprint density at radius 2 is 2.11 bits per heavy atom. The number of hydrogen-bond donors (Lipinski definition) is 3. The average molecular weight is 257 g/mol. The van der Waals surface area contributed by atoms with E-state index in [0.29, 0.717) is 12.2 Å². The van der Waals surface area contributed by atoms with E-state index in [4.69, 9.17) is 0 Å². The van der Waals surface area contributed by atoms with E-state index in [1.54, 1.807) is 37.5 Å². The molecule has 19 heavy (non-hydrogen) atoms. The summed E-state index contributed by atoms with van der Waals surface area (Å²) in [6.07, 6.45) is 1.57. The van der Waals surface area contributed by atoms with Crippen LogP contribution in [0.4, 0.5) is 5.69 Å². The number of carbonyl (C=O) groups is 1. The molecule has 0 fully saturated rings. The summed E-state index contributed by atoms with van der Waals surface area (Å²) in [6, 6.07) is 10.5. The van der Waals surface area contributed by atoms with Gasteiger partial charge in [0.25, 0.3) is 5.91 Å². The molecule has 5 heteroatoms. The molecule has 5 nitrogen and oxygen atoms in total. The first-order valence-electron chi connectivity index (χ1n) is 5.89. The molecule has 0 aliphatic rings. The van der Waals surface area contributed by atoms with Crippen molar-refractivity contribution in [3.63, 3.8) is 0 Å². The lowest BCUT2D eigenvalue weighted by Gasteiger charge is -2.08. The molecule has 1 heterocycles. The highest BCUT2D eigenvalue weighted by Gasteiger charge is 2.05. The summed E-state index contributed by atoms with van der Waals surface area (Å²) in [5, 5.41) is 15.3. The third kappa shape index (κ3) is 3.22. The van der Waals surface area contributed by atoms with Crippen LogP contribution < -0.4 is 10.6 Å². The van der Waals surface area contributed by atoms with Crippen molar-refractivity contribution in [2.24, 2.45) is 0 Å². The highest BCUT2D eigenvalue weighted by atomic mass is 16.3. The number of aromatic nitrogens is 1. The summed E-state index contributed by atoms with van der Waals surface area (Å²) in [6.45, 7) is 0.476. The average Bonchev–Trinajstić information content (AvgIpc) is 2.46. The minimum Gasteiger partial charge on any atom is -0.508 e. The molecule has 0 unspecified atom stereocenters. The van der Waals surface area contributed by atoms with E-state index in [9.17, 15) is 9.90 Å². The number of phenols is 1. The summed E-state index contributed by atoms with van der Waals surface area (Å²) in [5.74, 6) is 0.0155. The fourth-order valence-electron chi connectivity index (χ4n) is 1.65. The minimum atomic E-state index is -0.230. The van der Waals surface area contributed by atoms with Crippen molar-refractivity contribution in [2.45, 2.75) is 6.54 Å². The molecule has 0 saturated heterocycles. The SMILES string of the molecule is CNC(=O)c1cc(NCc2ccccc2O)ccn1. The number of hydrogen-bond acceptors (Lipinski definition) is 4. The van der Waals surface area contributed by atoms with E-state index in [2.05, 4.69) is 15.6 Å². The molecule has 1 amide bonds. The first-order valence-corrected chi connectivity index (χ1v) is 5.89. The molecule has 0 spiro atoms. The Hall–Kier alpha value is -2.56. The van der Waals surface area contributed by atoms with E-state index >= 15 is 0 Å². The lowest BCUT2D eigenvalue weighted by Crippen LogP contribution is -2.19. The number of aromatic hydroxyl groups is 1. The molecule has 0 atom stereocenters. The normalized spacial score (nSPS) is 9.95. The molecule has 2 aromatic rings. The molecular weight excluding hydrogens is 242 g/mol. The molecule has 0 aliphatic carbocycles. The maximum atomic E-state index is 11.5. The zero-order chi connectivity index (χ0) is 13.7. The van der Waals surface area contributed by atoms with E-state index in [1.807, 2.05) is 12.1 Å². The van der Waals surface area contributed by atoms with Gasteiger partial charge in [-0.05, 0) is 18.2 Å². The summed E-state index contributed by atoms with van der Waals surface area (Å²) in [7, 11) is 1.56. The zero-order valence-corrected chi connectivity index (χ0v) is 10.6. The van der Waals surface area contributed by atoms with Gasteiger partial charge in [0, 0.05) is 31.0 Å². The van der Waals surface area contributed by atoms with Crippen LogP contribution in [-0.4, -0.2) is 23.0 Å². The van der Waals surface area contributed by atoms with Crippen LogP contribution in [0.15, 0.2) is 42.6 Å². The van der Waals surface area contributed by atoms with Crippen LogP contribution in [0.3, 0.4) is 0 Å². The summed E-state index contributed by atoms with van der Waals surface area (Å²) >= 11 is 0. The quantitative estimate of drug-likeness (QED) is 0.780. The largest absolute Gasteiger partial charge is 0.508 e. The van der Waals surface area contributed by atoms with Crippen molar-refractivity contribution in [3.8, 4) is 5.75 Å². The number of rotatable bonds is 4. The topological polar surface area (TPSA) is 74.2 Å². The van der Waals surface area contributed by atoms with Crippen LogP contribution in [-0.2, 0) is 6.54 Å². The third-order valence-corrected chi connectivity index (χ3v) is 2.69. The Bertz CT molecular complexity index is 584. The van der Waals surface area contributed by atoms with Crippen LogP contribution >= 0.6 is 0 Å². The third-order valence-electron chi connectivity index (χ3n) is 2.69. The van der Waals surface area contributed by atoms with E-state index in [-0.39, 0.29) is 11.7 Å². The molecule has 0 radical (unpaired) electrons. The second-order valence-corrected chi connectivity index (χ2v) is 3.99. The van der Waals surface area contributed by atoms with Gasteiger partial charge in [-0.1, -0.05) is 18.2 Å². The Labute approximate surface area is 111 Å². The summed E-state index contributed by atoms with van der Waals surface area (Å²) in [5.41, 5.74) is 1.92. The van der Waals surface area contributed by atoms with Crippen LogP contribution in [0.1, 0.15) is 16.1 Å². The van der Waals surface area contributed by atoms with Crippen molar-refractivity contribution < 1.29 is 9.90 Å². The molecule has 0 aliphatic heterocycles. The van der Waals surface area contributed by atoms with Crippen molar-refractivity contribution in [2.75, 3.05) is 12.4 Å². The number of pyridine rings is 1. The van der Waals surface area contributed by atoms with Crippen LogP contribution in [0.25, 0.3) is 0 Å². The second-order valence-electron chi connectivity index (χ2n) is 3.99. The summed E-state index contributed by atoms with van der Waals surface area (Å²) < 4.78 is 0. The van der Waals surface area contributed by atoms with Gasteiger partial charge >= 0.3 is 0 Å². The van der Waals surface area contributed by atoms with Gasteiger partial charge in [-0.15, -0.1) is 0 Å². The Morgan fingerprint density at radius 3 is 2.84 bits per heavy atom. The van der Waals surface area contributed by atoms with Crippen molar-refractivity contribution in [1.82, 2.24) is 10.3 Å². The number of carbonyl (C=O) groups excluding carboxylic acids is 1. The number of benzene rings is 1. The van der Waals surface area contributed by atoms with E-state index < -0.39 is 0 Å². The number of nitrogens with zero attached hydrogens (tertiary/aromatic N) is 1. The van der Waals surface area contributed by atoms with Gasteiger partial charge in [0.15, 0.2) is 0 Å². The first kappa shape index (κ1) is 12.9. The van der Waals surface area contributed by atoms with Crippen LogP contribution in [0.5, 0.6) is 5.75 Å². The van der Waals surface area contributed by atoms with Gasteiger partial charge in [0.05, 0.1) is 0 Å². The Kier molecular flexibility index (Phi) is 3.97. The van der Waals surface area contributed by atoms with E-state index in [1.165, 1.54) is 0 Å². The van der Waals surface area contributed by atoms with Gasteiger partial charge in [-0.25, -0.2) is 0 Å². The molecule has 2 rings (SSSR count). The monoisotopic (exact) mass is 257 g/mol. The molecule has 98 valence electrons. The van der Waals surface area contributed by atoms with Gasteiger partial charge < -0.3 is 15.7 Å². The molecule has 3 N–H and O–H groups in total. The molecular formula is C14H15N3O2. The number of para-hydroxylation sites is 1. The highest BCUT2D eigenvalue weighted by Crippen LogP contribution is 2.17. The fraction of sp³-hybridized carbons (Fsp3) is 0.143. The maximum Gasteiger partial charge on any atom is 0.269 e. The van der Waals surface area contributed by atoms with Crippen molar-refractivity contribution >= 4 is 11.6 Å². The fourth-order valence-corrected chi connectivity index (χ4v) is 1.65. The Balaban J connectivity index is 2.08. The van der Waals surface area contributed by atoms with Gasteiger partial charge in [-0.3, -0.25) is 9.78 Å². The minimum absolute atomic E-state index is 0.230. The van der Waals surface area contributed by atoms with Crippen molar-refractivity contribution in [1.29, 1.82) is 0 Å². The number of nitrogens with one attached hydrogen (secondary N) is 2. The first-order chi connectivity index (χ1) is 9.20. The number of amides is 1.